The van der Waals surface area contributed by atoms with Crippen LogP contribution in [0.25, 0.3) is 0 Å². The van der Waals surface area contributed by atoms with Crippen LogP contribution in [-0.4, -0.2) is 56.3 Å². The van der Waals surface area contributed by atoms with Crippen molar-refractivity contribution in [2.24, 2.45) is 0 Å². The van der Waals surface area contributed by atoms with Gasteiger partial charge in [0, 0.05) is 12.1 Å². The number of rotatable bonds is 10. The fourth-order valence-electron chi connectivity index (χ4n) is 3.25. The molecule has 1 aromatic carbocycles. The molecule has 0 spiro atoms. The number of carbonyl (C=O) groups is 2. The highest BCUT2D eigenvalue weighted by Crippen LogP contribution is 2.32. The maximum Gasteiger partial charge on any atom is 0.320 e. The highest BCUT2D eigenvalue weighted by molar-refractivity contribution is 7.91. The molecule has 172 valence electrons. The molecule has 0 saturated heterocycles. The molecule has 2 N–H and O–H groups in total. The first-order chi connectivity index (χ1) is 15.2. The van der Waals surface area contributed by atoms with Crippen molar-refractivity contribution in [2.45, 2.75) is 37.5 Å². The van der Waals surface area contributed by atoms with Crippen LogP contribution >= 0.6 is 0 Å². The third-order valence-corrected chi connectivity index (χ3v) is 6.72. The first kappa shape index (κ1) is 23.5. The number of anilines is 2. The minimum absolute atomic E-state index is 0.00503. The summed E-state index contributed by atoms with van der Waals surface area (Å²) in [5.74, 6) is -0.663. The molecule has 3 rings (SSSR count). The molecule has 1 aliphatic rings. The van der Waals surface area contributed by atoms with Gasteiger partial charge in [0.2, 0.25) is 5.91 Å². The van der Waals surface area contributed by atoms with E-state index in [9.17, 15) is 18.0 Å². The van der Waals surface area contributed by atoms with Gasteiger partial charge in [0.1, 0.15) is 11.6 Å². The summed E-state index contributed by atoms with van der Waals surface area (Å²) in [4.78, 5) is 33.8. The summed E-state index contributed by atoms with van der Waals surface area (Å²) in [6, 6.07) is 6.17. The fraction of sp³-hybridized carbons (Fsp3) is 0.429. The van der Waals surface area contributed by atoms with E-state index in [1.54, 1.807) is 12.1 Å². The van der Waals surface area contributed by atoms with E-state index in [0.717, 1.165) is 12.8 Å². The Labute approximate surface area is 186 Å². The SMILES string of the molecule is CCCCOc1nc(N)c2c(n1)N(CCS(=O)(=O)c1cccc(CC(=O)OC)c1)C(=O)C2. The number of fused-ring (bicyclic) bond motifs is 1. The van der Waals surface area contributed by atoms with Crippen LogP contribution in [0.5, 0.6) is 6.01 Å². The molecular weight excluding hydrogens is 436 g/mol. The quantitative estimate of drug-likeness (QED) is 0.408. The van der Waals surface area contributed by atoms with Gasteiger partial charge in [-0.15, -0.1) is 0 Å². The Morgan fingerprint density at radius 3 is 2.78 bits per heavy atom. The zero-order valence-corrected chi connectivity index (χ0v) is 18.9. The number of benzene rings is 1. The number of esters is 1. The lowest BCUT2D eigenvalue weighted by Gasteiger charge is -2.17. The normalized spacial score (nSPS) is 13.2. The van der Waals surface area contributed by atoms with Gasteiger partial charge >= 0.3 is 12.0 Å². The van der Waals surface area contributed by atoms with Crippen molar-refractivity contribution in [3.05, 3.63) is 35.4 Å². The second kappa shape index (κ2) is 9.94. The van der Waals surface area contributed by atoms with E-state index < -0.39 is 15.8 Å². The van der Waals surface area contributed by atoms with E-state index in [2.05, 4.69) is 14.7 Å². The number of hydrogen-bond acceptors (Lipinski definition) is 9. The monoisotopic (exact) mass is 462 g/mol. The lowest BCUT2D eigenvalue weighted by atomic mass is 10.1. The number of ether oxygens (including phenoxy) is 2. The minimum atomic E-state index is -3.73. The molecule has 0 radical (unpaired) electrons. The highest BCUT2D eigenvalue weighted by atomic mass is 32.2. The summed E-state index contributed by atoms with van der Waals surface area (Å²) < 4.78 is 35.9. The number of nitrogen functional groups attached to an aromatic ring is 1. The molecule has 2 heterocycles. The van der Waals surface area contributed by atoms with Gasteiger partial charge in [-0.1, -0.05) is 25.5 Å². The zero-order chi connectivity index (χ0) is 23.3. The molecule has 32 heavy (non-hydrogen) atoms. The Balaban J connectivity index is 1.77. The summed E-state index contributed by atoms with van der Waals surface area (Å²) in [5, 5.41) is 0. The van der Waals surface area contributed by atoms with Crippen LogP contribution in [0.2, 0.25) is 0 Å². The van der Waals surface area contributed by atoms with Gasteiger partial charge in [0.15, 0.2) is 9.84 Å². The molecule has 1 amide bonds. The van der Waals surface area contributed by atoms with Crippen LogP contribution < -0.4 is 15.4 Å². The minimum Gasteiger partial charge on any atom is -0.469 e. The maximum absolute atomic E-state index is 12.9. The Morgan fingerprint density at radius 2 is 2.06 bits per heavy atom. The topological polar surface area (TPSA) is 142 Å². The van der Waals surface area contributed by atoms with E-state index in [-0.39, 0.29) is 53.6 Å². The number of sulfone groups is 1. The summed E-state index contributed by atoms with van der Waals surface area (Å²) >= 11 is 0. The number of methoxy groups -OCH3 is 1. The first-order valence-electron chi connectivity index (χ1n) is 10.2. The molecule has 10 nitrogen and oxygen atoms in total. The summed E-state index contributed by atoms with van der Waals surface area (Å²) in [6.07, 6.45) is 1.72. The van der Waals surface area contributed by atoms with Crippen LogP contribution in [0.15, 0.2) is 29.2 Å². The number of carbonyl (C=O) groups excluding carboxylic acids is 2. The fourth-order valence-corrected chi connectivity index (χ4v) is 4.52. The number of hydrogen-bond donors (Lipinski definition) is 1. The largest absolute Gasteiger partial charge is 0.469 e. The van der Waals surface area contributed by atoms with Crippen molar-refractivity contribution in [3.63, 3.8) is 0 Å². The van der Waals surface area contributed by atoms with E-state index in [4.69, 9.17) is 10.5 Å². The van der Waals surface area contributed by atoms with E-state index in [1.807, 2.05) is 6.92 Å². The number of nitrogens with two attached hydrogens (primary N) is 1. The maximum atomic E-state index is 12.9. The molecule has 0 saturated carbocycles. The molecule has 0 unspecified atom stereocenters. The first-order valence-corrected chi connectivity index (χ1v) is 11.9. The average molecular weight is 463 g/mol. The summed E-state index contributed by atoms with van der Waals surface area (Å²) in [6.45, 7) is 2.34. The third-order valence-electron chi connectivity index (χ3n) is 5.03. The standard InChI is InChI=1S/C21H26N4O6S/c1-3-4-9-31-21-23-19(22)16-13-17(26)25(20(16)24-21)8-10-32(28,29)15-7-5-6-14(11-15)12-18(27)30-2/h5-7,11H,3-4,8-10,12-13H2,1-2H3,(H2,22,23,24). The van der Waals surface area contributed by atoms with Crippen LogP contribution in [0, 0.1) is 0 Å². The Morgan fingerprint density at radius 1 is 1.28 bits per heavy atom. The van der Waals surface area contributed by atoms with Crippen LogP contribution in [0.3, 0.4) is 0 Å². The van der Waals surface area contributed by atoms with Crippen molar-refractivity contribution in [2.75, 3.05) is 36.6 Å². The average Bonchev–Trinajstić information content (AvgIpc) is 3.08. The molecule has 0 bridgehead atoms. The van der Waals surface area contributed by atoms with Crippen molar-refractivity contribution in [1.82, 2.24) is 9.97 Å². The predicted molar refractivity (Wildman–Crippen MR) is 117 cm³/mol. The predicted octanol–water partition coefficient (Wildman–Crippen LogP) is 1.32. The van der Waals surface area contributed by atoms with Crippen molar-refractivity contribution in [1.29, 1.82) is 0 Å². The van der Waals surface area contributed by atoms with Crippen LogP contribution in [0.1, 0.15) is 30.9 Å². The van der Waals surface area contributed by atoms with E-state index >= 15 is 0 Å². The zero-order valence-electron chi connectivity index (χ0n) is 18.0. The number of amides is 1. The lowest BCUT2D eigenvalue weighted by molar-refractivity contribution is -0.139. The van der Waals surface area contributed by atoms with Gasteiger partial charge in [0.25, 0.3) is 0 Å². The van der Waals surface area contributed by atoms with Gasteiger partial charge in [-0.25, -0.2) is 8.42 Å². The molecule has 2 aromatic rings. The third kappa shape index (κ3) is 5.34. The Hall–Kier alpha value is -3.21. The number of nitrogens with zero attached hydrogens (tertiary/aromatic N) is 3. The van der Waals surface area contributed by atoms with Gasteiger partial charge in [-0.2, -0.15) is 9.97 Å². The van der Waals surface area contributed by atoms with Crippen LogP contribution in [-0.2, 0) is 37.0 Å². The molecule has 1 aromatic heterocycles. The highest BCUT2D eigenvalue weighted by Gasteiger charge is 2.33. The molecular formula is C21H26N4O6S. The van der Waals surface area contributed by atoms with Crippen LogP contribution in [0.4, 0.5) is 11.6 Å². The lowest BCUT2D eigenvalue weighted by Crippen LogP contribution is -2.32. The smallest absolute Gasteiger partial charge is 0.320 e. The summed E-state index contributed by atoms with van der Waals surface area (Å²) in [7, 11) is -2.46. The second-order valence-corrected chi connectivity index (χ2v) is 9.45. The molecule has 0 atom stereocenters. The Kier molecular flexibility index (Phi) is 7.29. The van der Waals surface area contributed by atoms with Crippen molar-refractivity contribution in [3.8, 4) is 6.01 Å². The molecule has 0 aliphatic carbocycles. The van der Waals surface area contributed by atoms with Gasteiger partial charge in [0.05, 0.1) is 37.2 Å². The van der Waals surface area contributed by atoms with Gasteiger partial charge in [-0.3, -0.25) is 14.5 Å². The number of unbranched alkanes of at least 4 members (excludes halogenated alkanes) is 1. The molecule has 1 aliphatic heterocycles. The van der Waals surface area contributed by atoms with E-state index in [0.29, 0.717) is 17.7 Å². The Bertz CT molecular complexity index is 1120. The molecule has 11 heteroatoms. The number of aromatic nitrogens is 2. The second-order valence-electron chi connectivity index (χ2n) is 7.34. The summed E-state index contributed by atoms with van der Waals surface area (Å²) in [5.41, 5.74) is 6.97. The van der Waals surface area contributed by atoms with Crippen molar-refractivity contribution >= 4 is 33.3 Å². The van der Waals surface area contributed by atoms with Gasteiger partial charge in [-0.05, 0) is 24.1 Å². The van der Waals surface area contributed by atoms with Gasteiger partial charge < -0.3 is 15.2 Å². The molecule has 0 fully saturated rings. The van der Waals surface area contributed by atoms with E-state index in [1.165, 1.54) is 24.1 Å². The van der Waals surface area contributed by atoms with Crippen molar-refractivity contribution < 1.29 is 27.5 Å².